The summed E-state index contributed by atoms with van der Waals surface area (Å²) in [7, 11) is -3.40. The van der Waals surface area contributed by atoms with Gasteiger partial charge in [-0.3, -0.25) is 4.79 Å². The van der Waals surface area contributed by atoms with E-state index in [1.54, 1.807) is 12.1 Å². The van der Waals surface area contributed by atoms with Gasteiger partial charge in [-0.15, -0.1) is 0 Å². The molecular weight excluding hydrogens is 348 g/mol. The second kappa shape index (κ2) is 8.36. The molecular formula is C20H26N2O3S. The number of amides is 1. The number of rotatable bonds is 7. The van der Waals surface area contributed by atoms with E-state index in [0.29, 0.717) is 5.69 Å². The van der Waals surface area contributed by atoms with Gasteiger partial charge < -0.3 is 10.6 Å². The van der Waals surface area contributed by atoms with Gasteiger partial charge in [-0.1, -0.05) is 45.0 Å². The van der Waals surface area contributed by atoms with E-state index in [9.17, 15) is 13.2 Å². The zero-order chi connectivity index (χ0) is 19.3. The fraction of sp³-hybridized carbons (Fsp3) is 0.350. The number of hydrogen-bond donors (Lipinski definition) is 2. The van der Waals surface area contributed by atoms with Crippen molar-refractivity contribution in [2.45, 2.75) is 38.0 Å². The highest BCUT2D eigenvalue weighted by molar-refractivity contribution is 7.90. The summed E-state index contributed by atoms with van der Waals surface area (Å²) < 4.78 is 24.2. The summed E-state index contributed by atoms with van der Waals surface area (Å²) in [5.41, 5.74) is 3.22. The van der Waals surface area contributed by atoms with E-state index in [-0.39, 0.29) is 23.3 Å². The topological polar surface area (TPSA) is 75.3 Å². The second-order valence-electron chi connectivity index (χ2n) is 6.59. The molecule has 0 aliphatic carbocycles. The van der Waals surface area contributed by atoms with Crippen molar-refractivity contribution in [1.82, 2.24) is 0 Å². The number of nitrogens with one attached hydrogen (secondary N) is 2. The zero-order valence-corrected chi connectivity index (χ0v) is 16.5. The van der Waals surface area contributed by atoms with Gasteiger partial charge in [0.15, 0.2) is 9.84 Å². The third-order valence-corrected chi connectivity index (χ3v) is 5.32. The maximum atomic E-state index is 12.3. The summed E-state index contributed by atoms with van der Waals surface area (Å²) in [6.45, 7) is 6.03. The lowest BCUT2D eigenvalue weighted by atomic mass is 10.0. The molecule has 0 radical (unpaired) electrons. The van der Waals surface area contributed by atoms with E-state index in [0.717, 1.165) is 23.2 Å². The molecule has 0 aliphatic rings. The van der Waals surface area contributed by atoms with Crippen LogP contribution < -0.4 is 10.6 Å². The summed E-state index contributed by atoms with van der Waals surface area (Å²) in [6.07, 6.45) is 1.99. The monoisotopic (exact) mass is 374 g/mol. The lowest BCUT2D eigenvalue weighted by molar-refractivity contribution is -0.114. The fourth-order valence-corrected chi connectivity index (χ4v) is 3.56. The minimum atomic E-state index is -3.40. The van der Waals surface area contributed by atoms with E-state index in [4.69, 9.17) is 0 Å². The molecule has 5 nitrogen and oxygen atoms in total. The number of para-hydroxylation sites is 1. The molecule has 0 heterocycles. The number of aryl methyl sites for hydroxylation is 1. The number of hydrogen-bond acceptors (Lipinski definition) is 4. The zero-order valence-electron chi connectivity index (χ0n) is 15.7. The summed E-state index contributed by atoms with van der Waals surface area (Å²) in [5.74, 6) is -0.00307. The van der Waals surface area contributed by atoms with Crippen LogP contribution in [0, 0.1) is 0 Å². The van der Waals surface area contributed by atoms with Crippen molar-refractivity contribution in [3.8, 4) is 0 Å². The lowest BCUT2D eigenvalue weighted by Crippen LogP contribution is -2.23. The first-order valence-corrected chi connectivity index (χ1v) is 10.6. The molecule has 140 valence electrons. The van der Waals surface area contributed by atoms with Crippen LogP contribution in [0.15, 0.2) is 47.4 Å². The van der Waals surface area contributed by atoms with Crippen LogP contribution in [0.3, 0.4) is 0 Å². The minimum absolute atomic E-state index is 0.0123. The molecule has 0 spiro atoms. The molecule has 1 amide bonds. The average Bonchev–Trinajstić information content (AvgIpc) is 2.59. The Labute approximate surface area is 155 Å². The third kappa shape index (κ3) is 5.08. The maximum absolute atomic E-state index is 12.3. The molecule has 0 unspecified atom stereocenters. The molecule has 2 aromatic rings. The van der Waals surface area contributed by atoms with Crippen molar-refractivity contribution < 1.29 is 13.2 Å². The van der Waals surface area contributed by atoms with Crippen molar-refractivity contribution in [2.75, 3.05) is 23.4 Å². The van der Waals surface area contributed by atoms with Gasteiger partial charge in [0.2, 0.25) is 5.91 Å². The Kier molecular flexibility index (Phi) is 6.42. The number of sulfone groups is 1. The maximum Gasteiger partial charge on any atom is 0.243 e. The highest BCUT2D eigenvalue weighted by atomic mass is 32.2. The van der Waals surface area contributed by atoms with Gasteiger partial charge in [0.1, 0.15) is 0 Å². The molecule has 0 saturated carbocycles. The van der Waals surface area contributed by atoms with Crippen LogP contribution >= 0.6 is 0 Å². The third-order valence-electron chi connectivity index (χ3n) is 4.18. The molecule has 0 bridgehead atoms. The number of benzene rings is 2. The van der Waals surface area contributed by atoms with Crippen LogP contribution in [0.5, 0.6) is 0 Å². The number of anilines is 2. The summed E-state index contributed by atoms with van der Waals surface area (Å²) in [4.78, 5) is 12.5. The smallest absolute Gasteiger partial charge is 0.243 e. The first-order valence-electron chi connectivity index (χ1n) is 8.68. The molecule has 0 fully saturated rings. The molecule has 26 heavy (non-hydrogen) atoms. The van der Waals surface area contributed by atoms with Crippen LogP contribution in [0.1, 0.15) is 37.8 Å². The predicted molar refractivity (Wildman–Crippen MR) is 107 cm³/mol. The van der Waals surface area contributed by atoms with Gasteiger partial charge in [-0.2, -0.15) is 0 Å². The van der Waals surface area contributed by atoms with Gasteiger partial charge in [0.25, 0.3) is 0 Å². The molecule has 2 N–H and O–H groups in total. The Morgan fingerprint density at radius 1 is 1.08 bits per heavy atom. The largest absolute Gasteiger partial charge is 0.375 e. The Morgan fingerprint density at radius 3 is 2.38 bits per heavy atom. The van der Waals surface area contributed by atoms with E-state index in [1.807, 2.05) is 51.1 Å². The van der Waals surface area contributed by atoms with Gasteiger partial charge in [-0.25, -0.2) is 8.42 Å². The van der Waals surface area contributed by atoms with E-state index >= 15 is 0 Å². The standard InChI is InChI=1S/C20H26N2O3S/c1-5-15-8-6-7-9-17(15)22-20(23)13-21-18-11-10-16(14(2)3)12-19(18)26(4,24)25/h6-12,14,21H,5,13H2,1-4H3,(H,22,23). The normalized spacial score (nSPS) is 11.4. The van der Waals surface area contributed by atoms with Crippen LogP contribution in [0.25, 0.3) is 0 Å². The van der Waals surface area contributed by atoms with Crippen molar-refractivity contribution in [2.24, 2.45) is 0 Å². The molecule has 2 rings (SSSR count). The first-order chi connectivity index (χ1) is 12.2. The Bertz CT molecular complexity index is 890. The molecule has 0 atom stereocenters. The van der Waals surface area contributed by atoms with Gasteiger partial charge in [0.05, 0.1) is 17.1 Å². The van der Waals surface area contributed by atoms with Crippen LogP contribution in [0.2, 0.25) is 0 Å². The van der Waals surface area contributed by atoms with Crippen molar-refractivity contribution in [3.05, 3.63) is 53.6 Å². The molecule has 0 aliphatic heterocycles. The first kappa shape index (κ1) is 20.0. The highest BCUT2D eigenvalue weighted by Gasteiger charge is 2.16. The summed E-state index contributed by atoms with van der Waals surface area (Å²) in [5, 5.41) is 5.82. The number of carbonyl (C=O) groups is 1. The van der Waals surface area contributed by atoms with E-state index < -0.39 is 9.84 Å². The molecule has 2 aromatic carbocycles. The van der Waals surface area contributed by atoms with Crippen LogP contribution in [-0.2, 0) is 21.1 Å². The number of carbonyl (C=O) groups excluding carboxylic acids is 1. The van der Waals surface area contributed by atoms with Crippen LogP contribution in [0.4, 0.5) is 11.4 Å². The average molecular weight is 375 g/mol. The Hall–Kier alpha value is -2.34. The summed E-state index contributed by atoms with van der Waals surface area (Å²) in [6, 6.07) is 12.9. The Balaban J connectivity index is 2.15. The fourth-order valence-electron chi connectivity index (χ4n) is 2.67. The van der Waals surface area contributed by atoms with Crippen molar-refractivity contribution >= 4 is 27.1 Å². The quantitative estimate of drug-likeness (QED) is 0.772. The Morgan fingerprint density at radius 2 is 1.77 bits per heavy atom. The molecule has 0 saturated heterocycles. The summed E-state index contributed by atoms with van der Waals surface area (Å²) >= 11 is 0. The van der Waals surface area contributed by atoms with Gasteiger partial charge in [-0.05, 0) is 41.7 Å². The molecule has 6 heteroatoms. The highest BCUT2D eigenvalue weighted by Crippen LogP contribution is 2.26. The minimum Gasteiger partial charge on any atom is -0.375 e. The van der Waals surface area contributed by atoms with Crippen molar-refractivity contribution in [1.29, 1.82) is 0 Å². The second-order valence-corrected chi connectivity index (χ2v) is 8.58. The molecule has 0 aromatic heterocycles. The van der Waals surface area contributed by atoms with Crippen LogP contribution in [-0.4, -0.2) is 27.1 Å². The van der Waals surface area contributed by atoms with E-state index in [2.05, 4.69) is 10.6 Å². The predicted octanol–water partition coefficient (Wildman–Crippen LogP) is 3.83. The van der Waals surface area contributed by atoms with E-state index in [1.165, 1.54) is 6.26 Å². The van der Waals surface area contributed by atoms with Gasteiger partial charge in [0, 0.05) is 11.9 Å². The van der Waals surface area contributed by atoms with Gasteiger partial charge >= 0.3 is 0 Å². The SMILES string of the molecule is CCc1ccccc1NC(=O)CNc1ccc(C(C)C)cc1S(C)(=O)=O. The van der Waals surface area contributed by atoms with Crippen molar-refractivity contribution in [3.63, 3.8) is 0 Å². The lowest BCUT2D eigenvalue weighted by Gasteiger charge is -2.15.